The number of nitrogens with one attached hydrogen (secondary N) is 1. The van der Waals surface area contributed by atoms with Gasteiger partial charge in [-0.15, -0.1) is 0 Å². The summed E-state index contributed by atoms with van der Waals surface area (Å²) in [5.74, 6) is 1.08. The van der Waals surface area contributed by atoms with E-state index in [0.717, 1.165) is 26.8 Å². The lowest BCUT2D eigenvalue weighted by Gasteiger charge is -2.15. The van der Waals surface area contributed by atoms with Crippen molar-refractivity contribution in [3.05, 3.63) is 50.6 Å². The molecular formula is C19H22INO3. The Labute approximate surface area is 156 Å². The van der Waals surface area contributed by atoms with Gasteiger partial charge in [-0.1, -0.05) is 25.1 Å². The van der Waals surface area contributed by atoms with Crippen LogP contribution in [-0.2, 0) is 6.42 Å². The van der Waals surface area contributed by atoms with Crippen molar-refractivity contribution in [2.75, 3.05) is 19.0 Å². The lowest BCUT2D eigenvalue weighted by Crippen LogP contribution is -2.15. The van der Waals surface area contributed by atoms with E-state index in [-0.39, 0.29) is 5.91 Å². The van der Waals surface area contributed by atoms with Crippen LogP contribution in [0.2, 0.25) is 0 Å². The third-order valence-corrected chi connectivity index (χ3v) is 4.56. The fourth-order valence-corrected chi connectivity index (χ4v) is 3.28. The average Bonchev–Trinajstić information content (AvgIpc) is 2.58. The van der Waals surface area contributed by atoms with Crippen LogP contribution in [0.1, 0.15) is 35.3 Å². The highest BCUT2D eigenvalue weighted by Gasteiger charge is 2.16. The molecule has 0 bridgehead atoms. The van der Waals surface area contributed by atoms with E-state index in [1.807, 2.05) is 38.1 Å². The van der Waals surface area contributed by atoms with E-state index in [9.17, 15) is 4.79 Å². The van der Waals surface area contributed by atoms with Crippen molar-refractivity contribution in [1.82, 2.24) is 0 Å². The number of para-hydroxylation sites is 1. The van der Waals surface area contributed by atoms with E-state index in [1.165, 1.54) is 0 Å². The van der Waals surface area contributed by atoms with Gasteiger partial charge in [-0.25, -0.2) is 0 Å². The molecule has 128 valence electrons. The van der Waals surface area contributed by atoms with E-state index < -0.39 is 0 Å². The van der Waals surface area contributed by atoms with Crippen molar-refractivity contribution >= 4 is 34.2 Å². The number of amides is 1. The topological polar surface area (TPSA) is 47.6 Å². The lowest BCUT2D eigenvalue weighted by molar-refractivity contribution is 0.102. The number of aryl methyl sites for hydroxylation is 2. The molecule has 4 nitrogen and oxygen atoms in total. The third kappa shape index (κ3) is 4.01. The smallest absolute Gasteiger partial charge is 0.255 e. The predicted molar refractivity (Wildman–Crippen MR) is 105 cm³/mol. The Morgan fingerprint density at radius 1 is 1.25 bits per heavy atom. The van der Waals surface area contributed by atoms with Crippen LogP contribution in [-0.4, -0.2) is 19.6 Å². The van der Waals surface area contributed by atoms with Crippen molar-refractivity contribution in [2.24, 2.45) is 0 Å². The number of methoxy groups -OCH3 is 1. The Balaban J connectivity index is 2.36. The first-order chi connectivity index (χ1) is 11.5. The van der Waals surface area contributed by atoms with Crippen LogP contribution in [0.15, 0.2) is 30.3 Å². The van der Waals surface area contributed by atoms with Crippen LogP contribution >= 0.6 is 22.6 Å². The molecule has 0 radical (unpaired) electrons. The van der Waals surface area contributed by atoms with Crippen LogP contribution in [0.5, 0.6) is 11.5 Å². The molecule has 1 N–H and O–H groups in total. The zero-order chi connectivity index (χ0) is 17.7. The Bertz CT molecular complexity index is 744. The van der Waals surface area contributed by atoms with Gasteiger partial charge in [-0.3, -0.25) is 4.79 Å². The molecule has 0 saturated carbocycles. The lowest BCUT2D eigenvalue weighted by atomic mass is 10.1. The molecule has 2 aromatic carbocycles. The van der Waals surface area contributed by atoms with E-state index in [4.69, 9.17) is 9.47 Å². The first-order valence-corrected chi connectivity index (χ1v) is 8.99. The van der Waals surface area contributed by atoms with E-state index in [1.54, 1.807) is 13.2 Å². The Hall–Kier alpha value is -1.76. The Morgan fingerprint density at radius 2 is 2.00 bits per heavy atom. The molecule has 0 spiro atoms. The molecule has 5 heteroatoms. The molecule has 0 aliphatic carbocycles. The number of carbonyl (C=O) groups is 1. The van der Waals surface area contributed by atoms with Crippen molar-refractivity contribution in [1.29, 1.82) is 0 Å². The fourth-order valence-electron chi connectivity index (χ4n) is 2.52. The van der Waals surface area contributed by atoms with Crippen molar-refractivity contribution in [3.63, 3.8) is 0 Å². The average molecular weight is 439 g/mol. The second-order valence-electron chi connectivity index (χ2n) is 5.34. The second-order valence-corrected chi connectivity index (χ2v) is 6.50. The first-order valence-electron chi connectivity index (χ1n) is 7.91. The van der Waals surface area contributed by atoms with Crippen LogP contribution in [0.4, 0.5) is 5.69 Å². The number of halogens is 1. The number of carbonyl (C=O) groups excluding carboxylic acids is 1. The quantitative estimate of drug-likeness (QED) is 0.657. The summed E-state index contributed by atoms with van der Waals surface area (Å²) in [7, 11) is 1.58. The minimum Gasteiger partial charge on any atom is -0.493 e. The number of hydrogen-bond donors (Lipinski definition) is 1. The maximum atomic E-state index is 12.7. The highest BCUT2D eigenvalue weighted by Crippen LogP contribution is 2.34. The zero-order valence-electron chi connectivity index (χ0n) is 14.4. The highest BCUT2D eigenvalue weighted by molar-refractivity contribution is 14.1. The van der Waals surface area contributed by atoms with Gasteiger partial charge in [0.1, 0.15) is 0 Å². The van der Waals surface area contributed by atoms with Gasteiger partial charge in [0.05, 0.1) is 17.3 Å². The van der Waals surface area contributed by atoms with Gasteiger partial charge in [-0.05, 0) is 66.1 Å². The summed E-state index contributed by atoms with van der Waals surface area (Å²) < 4.78 is 11.8. The van der Waals surface area contributed by atoms with E-state index in [2.05, 4.69) is 34.8 Å². The molecule has 24 heavy (non-hydrogen) atoms. The maximum absolute atomic E-state index is 12.7. The molecule has 2 aromatic rings. The number of rotatable bonds is 6. The minimum absolute atomic E-state index is 0.154. The summed E-state index contributed by atoms with van der Waals surface area (Å²) in [5.41, 5.74) is 3.60. The first kappa shape index (κ1) is 18.6. The molecule has 1 amide bonds. The number of benzene rings is 2. The largest absolute Gasteiger partial charge is 0.493 e. The van der Waals surface area contributed by atoms with Gasteiger partial charge in [0.25, 0.3) is 5.91 Å². The van der Waals surface area contributed by atoms with Gasteiger partial charge >= 0.3 is 0 Å². The maximum Gasteiger partial charge on any atom is 0.255 e. The van der Waals surface area contributed by atoms with Gasteiger partial charge in [0, 0.05) is 11.3 Å². The molecule has 0 fully saturated rings. The standard InChI is InChI=1S/C19H22INO3/c1-5-13-9-7-8-12(3)17(13)21-19(22)14-10-15(20)18(24-6-2)16(11-14)23-4/h7-11H,5-6H2,1-4H3,(H,21,22). The van der Waals surface area contributed by atoms with Crippen LogP contribution in [0.3, 0.4) is 0 Å². The SMILES string of the molecule is CCOc1c(I)cc(C(=O)Nc2c(C)cccc2CC)cc1OC. The molecule has 0 aliphatic rings. The summed E-state index contributed by atoms with van der Waals surface area (Å²) >= 11 is 2.16. The minimum atomic E-state index is -0.154. The van der Waals surface area contributed by atoms with Crippen LogP contribution in [0, 0.1) is 10.5 Å². The molecular weight excluding hydrogens is 417 g/mol. The molecule has 2 rings (SSSR count). The Morgan fingerprint density at radius 3 is 2.62 bits per heavy atom. The van der Waals surface area contributed by atoms with Crippen LogP contribution < -0.4 is 14.8 Å². The predicted octanol–water partition coefficient (Wildman–Crippen LogP) is 4.82. The van der Waals surface area contributed by atoms with Crippen molar-refractivity contribution in [3.8, 4) is 11.5 Å². The van der Waals surface area contributed by atoms with E-state index in [0.29, 0.717) is 23.7 Å². The summed E-state index contributed by atoms with van der Waals surface area (Å²) in [6.45, 7) is 6.53. The van der Waals surface area contributed by atoms with Gasteiger partial charge in [0.2, 0.25) is 0 Å². The highest BCUT2D eigenvalue weighted by atomic mass is 127. The fraction of sp³-hybridized carbons (Fsp3) is 0.316. The summed E-state index contributed by atoms with van der Waals surface area (Å²) in [5, 5.41) is 3.04. The van der Waals surface area contributed by atoms with Crippen molar-refractivity contribution < 1.29 is 14.3 Å². The molecule has 0 atom stereocenters. The summed E-state index contributed by atoms with van der Waals surface area (Å²) in [4.78, 5) is 12.7. The van der Waals surface area contributed by atoms with Gasteiger partial charge in [-0.2, -0.15) is 0 Å². The van der Waals surface area contributed by atoms with Gasteiger partial charge < -0.3 is 14.8 Å². The zero-order valence-corrected chi connectivity index (χ0v) is 16.6. The van der Waals surface area contributed by atoms with Crippen molar-refractivity contribution in [2.45, 2.75) is 27.2 Å². The normalized spacial score (nSPS) is 10.4. The number of anilines is 1. The van der Waals surface area contributed by atoms with Gasteiger partial charge in [0.15, 0.2) is 11.5 Å². The number of hydrogen-bond acceptors (Lipinski definition) is 3. The molecule has 0 aromatic heterocycles. The summed E-state index contributed by atoms with van der Waals surface area (Å²) in [6, 6.07) is 9.56. The second kappa shape index (κ2) is 8.37. The molecule has 0 heterocycles. The molecule has 0 saturated heterocycles. The monoisotopic (exact) mass is 439 g/mol. The molecule has 0 aliphatic heterocycles. The third-order valence-electron chi connectivity index (χ3n) is 3.76. The summed E-state index contributed by atoms with van der Waals surface area (Å²) in [6.07, 6.45) is 0.863. The number of ether oxygens (including phenoxy) is 2. The van der Waals surface area contributed by atoms with Crippen LogP contribution in [0.25, 0.3) is 0 Å². The molecule has 0 unspecified atom stereocenters. The Kier molecular flexibility index (Phi) is 6.48. The van der Waals surface area contributed by atoms with E-state index >= 15 is 0 Å².